The van der Waals surface area contributed by atoms with Crippen LogP contribution >= 0.6 is 0 Å². The van der Waals surface area contributed by atoms with E-state index in [-0.39, 0.29) is 6.03 Å². The molecule has 4 nitrogen and oxygen atoms in total. The van der Waals surface area contributed by atoms with Crippen LogP contribution in [0, 0.1) is 5.92 Å². The van der Waals surface area contributed by atoms with E-state index >= 15 is 0 Å². The maximum absolute atomic E-state index is 11.1. The second kappa shape index (κ2) is 6.41. The lowest BCUT2D eigenvalue weighted by Crippen LogP contribution is -2.51. The third-order valence-electron chi connectivity index (χ3n) is 4.69. The predicted molar refractivity (Wildman–Crippen MR) is 73.4 cm³/mol. The van der Waals surface area contributed by atoms with Crippen LogP contribution in [0.3, 0.4) is 0 Å². The Kier molecular flexibility index (Phi) is 4.87. The van der Waals surface area contributed by atoms with Crippen molar-refractivity contribution in [1.29, 1.82) is 0 Å². The predicted octanol–water partition coefficient (Wildman–Crippen LogP) is 2.09. The van der Waals surface area contributed by atoms with Crippen molar-refractivity contribution in [2.24, 2.45) is 11.7 Å². The number of primary amides is 1. The normalized spacial score (nSPS) is 30.4. The first kappa shape index (κ1) is 13.7. The molecule has 0 spiro atoms. The van der Waals surface area contributed by atoms with E-state index in [1.165, 1.54) is 32.1 Å². The van der Waals surface area contributed by atoms with Gasteiger partial charge in [0.25, 0.3) is 0 Å². The van der Waals surface area contributed by atoms with Gasteiger partial charge in [-0.05, 0) is 31.6 Å². The molecule has 1 saturated heterocycles. The van der Waals surface area contributed by atoms with Crippen molar-refractivity contribution in [2.45, 2.75) is 64.0 Å². The summed E-state index contributed by atoms with van der Waals surface area (Å²) in [5.74, 6) is 0.855. The molecule has 1 saturated carbocycles. The Bertz CT molecular complexity index is 274. The molecule has 1 heterocycles. The lowest BCUT2D eigenvalue weighted by molar-refractivity contribution is 0.168. The molecule has 18 heavy (non-hydrogen) atoms. The average Bonchev–Trinajstić information content (AvgIpc) is 2.40. The van der Waals surface area contributed by atoms with Gasteiger partial charge in [-0.25, -0.2) is 4.79 Å². The van der Waals surface area contributed by atoms with E-state index in [2.05, 4.69) is 12.2 Å². The van der Waals surface area contributed by atoms with Gasteiger partial charge in [-0.1, -0.05) is 26.2 Å². The first-order valence-corrected chi connectivity index (χ1v) is 7.51. The summed E-state index contributed by atoms with van der Waals surface area (Å²) in [6.45, 7) is 3.94. The van der Waals surface area contributed by atoms with Gasteiger partial charge in [0.05, 0.1) is 0 Å². The van der Waals surface area contributed by atoms with E-state index in [0.717, 1.165) is 31.8 Å². The molecule has 1 aliphatic carbocycles. The zero-order valence-corrected chi connectivity index (χ0v) is 11.5. The molecule has 3 N–H and O–H groups in total. The van der Waals surface area contributed by atoms with Crippen molar-refractivity contribution in [2.75, 3.05) is 13.1 Å². The molecule has 0 aromatic rings. The summed E-state index contributed by atoms with van der Waals surface area (Å²) in [5, 5.41) is 3.84. The number of nitrogens with one attached hydrogen (secondary N) is 1. The Hall–Kier alpha value is -0.770. The van der Waals surface area contributed by atoms with Gasteiger partial charge in [-0.3, -0.25) is 0 Å². The lowest BCUT2D eigenvalue weighted by Gasteiger charge is -2.38. The molecule has 4 heteroatoms. The number of nitrogens with two attached hydrogens (primary N) is 1. The van der Waals surface area contributed by atoms with Gasteiger partial charge in [0, 0.05) is 25.2 Å². The highest BCUT2D eigenvalue weighted by molar-refractivity contribution is 5.72. The Morgan fingerprint density at radius 2 is 1.89 bits per heavy atom. The number of carbonyl (C=O) groups excluding carboxylic acids is 1. The Morgan fingerprint density at radius 1 is 1.22 bits per heavy atom. The van der Waals surface area contributed by atoms with Crippen molar-refractivity contribution < 1.29 is 4.79 Å². The summed E-state index contributed by atoms with van der Waals surface area (Å²) in [6.07, 6.45) is 8.87. The number of rotatable bonds is 3. The number of urea groups is 1. The summed E-state index contributed by atoms with van der Waals surface area (Å²) in [4.78, 5) is 12.8. The van der Waals surface area contributed by atoms with Gasteiger partial charge in [-0.2, -0.15) is 0 Å². The van der Waals surface area contributed by atoms with Crippen LogP contribution in [-0.2, 0) is 0 Å². The first-order valence-electron chi connectivity index (χ1n) is 7.51. The molecule has 2 rings (SSSR count). The van der Waals surface area contributed by atoms with E-state index in [0.29, 0.717) is 12.1 Å². The fourth-order valence-electron chi connectivity index (χ4n) is 3.49. The van der Waals surface area contributed by atoms with Crippen molar-refractivity contribution in [3.63, 3.8) is 0 Å². The molecule has 2 unspecified atom stereocenters. The molecule has 104 valence electrons. The molecule has 2 aliphatic rings. The van der Waals surface area contributed by atoms with Gasteiger partial charge >= 0.3 is 6.03 Å². The Balaban J connectivity index is 1.78. The van der Waals surface area contributed by atoms with Crippen LogP contribution in [0.2, 0.25) is 0 Å². The van der Waals surface area contributed by atoms with Crippen molar-refractivity contribution >= 4 is 6.03 Å². The Morgan fingerprint density at radius 3 is 2.50 bits per heavy atom. The monoisotopic (exact) mass is 253 g/mol. The quantitative estimate of drug-likeness (QED) is 0.809. The zero-order valence-electron chi connectivity index (χ0n) is 11.5. The highest BCUT2D eigenvalue weighted by atomic mass is 16.2. The molecule has 0 bridgehead atoms. The standard InChI is InChI=1S/C14H27N3O/c1-2-11-5-3-4-6-13(11)16-12-7-9-17(10-8-12)14(15)18/h11-13,16H,2-10H2,1H3,(H2,15,18). The van der Waals surface area contributed by atoms with E-state index in [1.54, 1.807) is 4.90 Å². The number of piperidine rings is 1. The average molecular weight is 253 g/mol. The van der Waals surface area contributed by atoms with Crippen LogP contribution in [0.15, 0.2) is 0 Å². The molecule has 0 aromatic heterocycles. The first-order chi connectivity index (χ1) is 8.70. The van der Waals surface area contributed by atoms with Crippen LogP contribution in [0.25, 0.3) is 0 Å². The summed E-state index contributed by atoms with van der Waals surface area (Å²) in [7, 11) is 0. The van der Waals surface area contributed by atoms with E-state index < -0.39 is 0 Å². The largest absolute Gasteiger partial charge is 0.351 e. The third kappa shape index (κ3) is 3.37. The molecule has 0 radical (unpaired) electrons. The van der Waals surface area contributed by atoms with Crippen molar-refractivity contribution in [1.82, 2.24) is 10.2 Å². The van der Waals surface area contributed by atoms with E-state index in [9.17, 15) is 4.79 Å². The van der Waals surface area contributed by atoms with Crippen molar-refractivity contribution in [3.05, 3.63) is 0 Å². The fraction of sp³-hybridized carbons (Fsp3) is 0.929. The summed E-state index contributed by atoms with van der Waals surface area (Å²) in [5.41, 5.74) is 5.31. The highest BCUT2D eigenvalue weighted by Gasteiger charge is 2.28. The van der Waals surface area contributed by atoms with Crippen LogP contribution in [0.5, 0.6) is 0 Å². The molecular formula is C14H27N3O. The molecule has 2 amide bonds. The number of likely N-dealkylation sites (tertiary alicyclic amines) is 1. The van der Waals surface area contributed by atoms with Crippen LogP contribution in [0.4, 0.5) is 4.79 Å². The Labute approximate surface area is 110 Å². The fourth-order valence-corrected chi connectivity index (χ4v) is 3.49. The van der Waals surface area contributed by atoms with Crippen LogP contribution < -0.4 is 11.1 Å². The minimum Gasteiger partial charge on any atom is -0.351 e. The SMILES string of the molecule is CCC1CCCCC1NC1CCN(C(N)=O)CC1. The number of amides is 2. The number of hydrogen-bond donors (Lipinski definition) is 2. The van der Waals surface area contributed by atoms with Gasteiger partial charge in [0.2, 0.25) is 0 Å². The summed E-state index contributed by atoms with van der Waals surface area (Å²) < 4.78 is 0. The van der Waals surface area contributed by atoms with Crippen LogP contribution in [-0.4, -0.2) is 36.1 Å². The van der Waals surface area contributed by atoms with E-state index in [1.807, 2.05) is 0 Å². The number of carbonyl (C=O) groups is 1. The summed E-state index contributed by atoms with van der Waals surface area (Å²) in [6, 6.07) is 1.02. The second-order valence-corrected chi connectivity index (χ2v) is 5.83. The minimum atomic E-state index is -0.266. The molecule has 0 aromatic carbocycles. The highest BCUT2D eigenvalue weighted by Crippen LogP contribution is 2.28. The van der Waals surface area contributed by atoms with Gasteiger partial charge in [0.15, 0.2) is 0 Å². The van der Waals surface area contributed by atoms with Crippen LogP contribution in [0.1, 0.15) is 51.9 Å². The zero-order chi connectivity index (χ0) is 13.0. The number of nitrogens with zero attached hydrogens (tertiary/aromatic N) is 1. The van der Waals surface area contributed by atoms with E-state index in [4.69, 9.17) is 5.73 Å². The second-order valence-electron chi connectivity index (χ2n) is 5.83. The lowest BCUT2D eigenvalue weighted by atomic mass is 9.82. The van der Waals surface area contributed by atoms with Gasteiger partial charge in [-0.15, -0.1) is 0 Å². The molecule has 2 fully saturated rings. The van der Waals surface area contributed by atoms with Gasteiger partial charge < -0.3 is 16.0 Å². The maximum Gasteiger partial charge on any atom is 0.314 e. The molecule has 1 aliphatic heterocycles. The maximum atomic E-state index is 11.1. The smallest absolute Gasteiger partial charge is 0.314 e. The van der Waals surface area contributed by atoms with Gasteiger partial charge in [0.1, 0.15) is 0 Å². The molecular weight excluding hydrogens is 226 g/mol. The third-order valence-corrected chi connectivity index (χ3v) is 4.69. The number of hydrogen-bond acceptors (Lipinski definition) is 2. The topological polar surface area (TPSA) is 58.4 Å². The molecule has 2 atom stereocenters. The summed E-state index contributed by atoms with van der Waals surface area (Å²) >= 11 is 0. The van der Waals surface area contributed by atoms with Crippen molar-refractivity contribution in [3.8, 4) is 0 Å². The minimum absolute atomic E-state index is 0.266.